The second kappa shape index (κ2) is 4.11. The first kappa shape index (κ1) is 10.2. The number of hydrogen-bond donors (Lipinski definition) is 1. The molecule has 0 atom stereocenters. The van der Waals surface area contributed by atoms with Gasteiger partial charge in [-0.2, -0.15) is 4.98 Å². The summed E-state index contributed by atoms with van der Waals surface area (Å²) in [7, 11) is 0. The van der Waals surface area contributed by atoms with Crippen LogP contribution in [-0.2, 0) is 0 Å². The van der Waals surface area contributed by atoms with Crippen molar-refractivity contribution in [1.82, 2.24) is 4.98 Å². The first-order valence-electron chi connectivity index (χ1n) is 5.20. The molecule has 0 saturated heterocycles. The molecule has 17 heavy (non-hydrogen) atoms. The van der Waals surface area contributed by atoms with Crippen molar-refractivity contribution >= 4 is 34.4 Å². The molecular weight excluding hydrogens is 236 g/mol. The van der Waals surface area contributed by atoms with Crippen LogP contribution in [0.5, 0.6) is 0 Å². The molecule has 0 aliphatic carbocycles. The highest BCUT2D eigenvalue weighted by molar-refractivity contribution is 6.34. The van der Waals surface area contributed by atoms with Crippen molar-refractivity contribution < 1.29 is 4.42 Å². The first-order chi connectivity index (χ1) is 8.33. The van der Waals surface area contributed by atoms with Crippen LogP contribution >= 0.6 is 11.6 Å². The lowest BCUT2D eigenvalue weighted by Gasteiger charge is -1.98. The van der Waals surface area contributed by atoms with Crippen LogP contribution in [0.25, 0.3) is 11.1 Å². The fourth-order valence-corrected chi connectivity index (χ4v) is 1.82. The van der Waals surface area contributed by atoms with Crippen LogP contribution in [0, 0.1) is 0 Å². The van der Waals surface area contributed by atoms with Crippen molar-refractivity contribution in [1.29, 1.82) is 0 Å². The zero-order valence-corrected chi connectivity index (χ0v) is 9.61. The summed E-state index contributed by atoms with van der Waals surface area (Å²) >= 11 is 6.02. The summed E-state index contributed by atoms with van der Waals surface area (Å²) in [5, 5.41) is 3.67. The van der Waals surface area contributed by atoms with E-state index in [0.29, 0.717) is 22.1 Å². The SMILES string of the molecule is Clc1cccc2oc(Nc3ccccc3)nc12. The van der Waals surface area contributed by atoms with E-state index in [1.807, 2.05) is 42.5 Å². The summed E-state index contributed by atoms with van der Waals surface area (Å²) in [6, 6.07) is 15.6. The Morgan fingerprint density at radius 3 is 2.59 bits per heavy atom. The van der Waals surface area contributed by atoms with E-state index in [1.165, 1.54) is 0 Å². The van der Waals surface area contributed by atoms with E-state index in [9.17, 15) is 0 Å². The summed E-state index contributed by atoms with van der Waals surface area (Å²) in [6.07, 6.45) is 0. The average Bonchev–Trinajstić information content (AvgIpc) is 2.74. The van der Waals surface area contributed by atoms with Gasteiger partial charge in [-0.3, -0.25) is 0 Å². The molecule has 2 aromatic carbocycles. The van der Waals surface area contributed by atoms with Crippen LogP contribution in [0.15, 0.2) is 52.9 Å². The second-order valence-electron chi connectivity index (χ2n) is 3.60. The second-order valence-corrected chi connectivity index (χ2v) is 4.00. The van der Waals surface area contributed by atoms with Gasteiger partial charge in [-0.05, 0) is 24.3 Å². The maximum absolute atomic E-state index is 6.02. The van der Waals surface area contributed by atoms with Gasteiger partial charge in [0.2, 0.25) is 0 Å². The topological polar surface area (TPSA) is 38.1 Å². The number of halogens is 1. The maximum Gasteiger partial charge on any atom is 0.300 e. The minimum absolute atomic E-state index is 0.444. The van der Waals surface area contributed by atoms with Gasteiger partial charge in [-0.1, -0.05) is 35.9 Å². The lowest BCUT2D eigenvalue weighted by molar-refractivity contribution is 0.623. The molecule has 0 saturated carbocycles. The molecule has 0 amide bonds. The quantitative estimate of drug-likeness (QED) is 0.733. The third-order valence-corrected chi connectivity index (χ3v) is 2.70. The van der Waals surface area contributed by atoms with Crippen molar-refractivity contribution in [3.8, 4) is 0 Å². The van der Waals surface area contributed by atoms with Crippen LogP contribution in [0.1, 0.15) is 0 Å². The van der Waals surface area contributed by atoms with Gasteiger partial charge in [0.05, 0.1) is 5.02 Å². The number of benzene rings is 2. The molecule has 0 unspecified atom stereocenters. The van der Waals surface area contributed by atoms with Crippen LogP contribution in [0.2, 0.25) is 5.02 Å². The molecule has 0 aliphatic rings. The fourth-order valence-electron chi connectivity index (χ4n) is 1.61. The summed E-state index contributed by atoms with van der Waals surface area (Å²) in [5.41, 5.74) is 2.28. The molecule has 0 bridgehead atoms. The van der Waals surface area contributed by atoms with Gasteiger partial charge < -0.3 is 9.73 Å². The molecule has 0 spiro atoms. The number of nitrogens with zero attached hydrogens (tertiary/aromatic N) is 1. The van der Waals surface area contributed by atoms with E-state index in [4.69, 9.17) is 16.0 Å². The molecular formula is C13H9ClN2O. The highest BCUT2D eigenvalue weighted by Gasteiger charge is 2.08. The average molecular weight is 245 g/mol. The lowest BCUT2D eigenvalue weighted by atomic mass is 10.3. The number of aromatic nitrogens is 1. The molecule has 3 aromatic rings. The number of anilines is 2. The predicted molar refractivity (Wildman–Crippen MR) is 68.7 cm³/mol. The Kier molecular flexibility index (Phi) is 2.46. The summed E-state index contributed by atoms with van der Waals surface area (Å²) in [4.78, 5) is 4.30. The molecule has 0 aliphatic heterocycles. The first-order valence-corrected chi connectivity index (χ1v) is 5.58. The molecule has 3 rings (SSSR count). The van der Waals surface area contributed by atoms with E-state index in [1.54, 1.807) is 6.07 Å². The lowest BCUT2D eigenvalue weighted by Crippen LogP contribution is -1.88. The smallest absolute Gasteiger partial charge is 0.300 e. The summed E-state index contributed by atoms with van der Waals surface area (Å²) in [6.45, 7) is 0. The van der Waals surface area contributed by atoms with Crippen molar-refractivity contribution in [2.45, 2.75) is 0 Å². The molecule has 0 radical (unpaired) electrons. The van der Waals surface area contributed by atoms with Gasteiger partial charge in [0.25, 0.3) is 6.01 Å². The van der Waals surface area contributed by atoms with Crippen molar-refractivity contribution in [3.63, 3.8) is 0 Å². The van der Waals surface area contributed by atoms with Crippen molar-refractivity contribution in [2.24, 2.45) is 0 Å². The Hall–Kier alpha value is -2.00. The Morgan fingerprint density at radius 1 is 1.00 bits per heavy atom. The zero-order valence-electron chi connectivity index (χ0n) is 8.85. The number of hydrogen-bond acceptors (Lipinski definition) is 3. The number of oxazole rings is 1. The van der Waals surface area contributed by atoms with Crippen LogP contribution in [0.3, 0.4) is 0 Å². The van der Waals surface area contributed by atoms with Crippen LogP contribution < -0.4 is 5.32 Å². The molecule has 4 heteroatoms. The normalized spacial score (nSPS) is 10.6. The third kappa shape index (κ3) is 1.97. The van der Waals surface area contributed by atoms with Gasteiger partial charge in [0, 0.05) is 5.69 Å². The molecule has 1 aromatic heterocycles. The predicted octanol–water partition coefficient (Wildman–Crippen LogP) is 4.22. The molecule has 1 N–H and O–H groups in total. The van der Waals surface area contributed by atoms with E-state index < -0.39 is 0 Å². The van der Waals surface area contributed by atoms with Crippen LogP contribution in [-0.4, -0.2) is 4.98 Å². The Bertz CT molecular complexity index is 649. The molecule has 3 nitrogen and oxygen atoms in total. The standard InChI is InChI=1S/C13H9ClN2O/c14-10-7-4-8-11-12(10)16-13(17-11)15-9-5-2-1-3-6-9/h1-8H,(H,15,16). The summed E-state index contributed by atoms with van der Waals surface area (Å²) in [5.74, 6) is 0. The summed E-state index contributed by atoms with van der Waals surface area (Å²) < 4.78 is 5.55. The van der Waals surface area contributed by atoms with Crippen LogP contribution in [0.4, 0.5) is 11.7 Å². The van der Waals surface area contributed by atoms with E-state index >= 15 is 0 Å². The molecule has 0 fully saturated rings. The van der Waals surface area contributed by atoms with Gasteiger partial charge in [-0.15, -0.1) is 0 Å². The van der Waals surface area contributed by atoms with Gasteiger partial charge >= 0.3 is 0 Å². The van der Waals surface area contributed by atoms with E-state index in [2.05, 4.69) is 10.3 Å². The highest BCUT2D eigenvalue weighted by atomic mass is 35.5. The maximum atomic E-state index is 6.02. The van der Waals surface area contributed by atoms with Gasteiger partial charge in [0.15, 0.2) is 5.58 Å². The fraction of sp³-hybridized carbons (Fsp3) is 0. The Balaban J connectivity index is 1.99. The van der Waals surface area contributed by atoms with E-state index in [0.717, 1.165) is 5.69 Å². The monoisotopic (exact) mass is 244 g/mol. The number of rotatable bonds is 2. The Morgan fingerprint density at radius 2 is 1.82 bits per heavy atom. The highest BCUT2D eigenvalue weighted by Crippen LogP contribution is 2.26. The zero-order chi connectivity index (χ0) is 11.7. The number of fused-ring (bicyclic) bond motifs is 1. The van der Waals surface area contributed by atoms with Gasteiger partial charge in [-0.25, -0.2) is 0 Å². The van der Waals surface area contributed by atoms with Gasteiger partial charge in [0.1, 0.15) is 5.52 Å². The van der Waals surface area contributed by atoms with Crippen molar-refractivity contribution in [3.05, 3.63) is 53.6 Å². The number of para-hydroxylation sites is 2. The largest absolute Gasteiger partial charge is 0.423 e. The minimum atomic E-state index is 0.444. The Labute approximate surface area is 103 Å². The van der Waals surface area contributed by atoms with E-state index in [-0.39, 0.29) is 0 Å². The number of nitrogens with one attached hydrogen (secondary N) is 1. The molecule has 84 valence electrons. The van der Waals surface area contributed by atoms with Crippen molar-refractivity contribution in [2.75, 3.05) is 5.32 Å². The molecule has 1 heterocycles. The third-order valence-electron chi connectivity index (χ3n) is 2.39. The minimum Gasteiger partial charge on any atom is -0.423 e.